The number of nitro benzene ring substituents is 1. The first kappa shape index (κ1) is 17.6. The van der Waals surface area contributed by atoms with Gasteiger partial charge in [0.15, 0.2) is 0 Å². The number of nitrogens with one attached hydrogen (secondary N) is 2. The maximum atomic E-state index is 12.3. The smallest absolute Gasteiger partial charge is 0.282 e. The summed E-state index contributed by atoms with van der Waals surface area (Å²) in [5, 5.41) is 13.5. The highest BCUT2D eigenvalue weighted by molar-refractivity contribution is 7.89. The van der Waals surface area contributed by atoms with Crippen LogP contribution in [-0.2, 0) is 10.0 Å². The van der Waals surface area contributed by atoms with Gasteiger partial charge < -0.3 is 5.32 Å². The molecule has 126 valence electrons. The van der Waals surface area contributed by atoms with E-state index >= 15 is 0 Å². The zero-order chi connectivity index (χ0) is 17.9. The summed E-state index contributed by atoms with van der Waals surface area (Å²) in [4.78, 5) is 22.6. The van der Waals surface area contributed by atoms with E-state index < -0.39 is 20.9 Å². The number of carbonyl (C=O) groups excluding carboxylic acids is 1. The molecule has 0 atom stereocenters. The van der Waals surface area contributed by atoms with Gasteiger partial charge in [0.1, 0.15) is 5.56 Å². The second-order valence-corrected chi connectivity index (χ2v) is 6.77. The molecule has 0 aliphatic carbocycles. The molecule has 0 aliphatic rings. The van der Waals surface area contributed by atoms with Crippen molar-refractivity contribution in [2.45, 2.75) is 11.8 Å². The number of nitro groups is 1. The van der Waals surface area contributed by atoms with Crippen molar-refractivity contribution in [3.05, 3.63) is 63.7 Å². The molecule has 0 spiro atoms. The van der Waals surface area contributed by atoms with Gasteiger partial charge in [-0.15, -0.1) is 0 Å². The zero-order valence-corrected chi connectivity index (χ0v) is 13.8. The molecule has 0 saturated heterocycles. The molecule has 0 saturated carbocycles. The van der Waals surface area contributed by atoms with E-state index in [1.807, 2.05) is 0 Å². The van der Waals surface area contributed by atoms with Gasteiger partial charge in [-0.3, -0.25) is 14.9 Å². The predicted octanol–water partition coefficient (Wildman–Crippen LogP) is 2.06. The Labute approximate surface area is 138 Å². The number of para-hydroxylation sites is 1. The molecule has 0 radical (unpaired) electrons. The van der Waals surface area contributed by atoms with Gasteiger partial charge in [0.25, 0.3) is 11.6 Å². The number of amides is 1. The zero-order valence-electron chi connectivity index (χ0n) is 12.9. The second kappa shape index (κ2) is 6.77. The monoisotopic (exact) mass is 349 g/mol. The van der Waals surface area contributed by atoms with Gasteiger partial charge >= 0.3 is 0 Å². The fourth-order valence-electron chi connectivity index (χ4n) is 2.10. The number of nitrogens with zero attached hydrogens (tertiary/aromatic N) is 1. The summed E-state index contributed by atoms with van der Waals surface area (Å²) >= 11 is 0. The topological polar surface area (TPSA) is 118 Å². The van der Waals surface area contributed by atoms with Crippen LogP contribution in [0.1, 0.15) is 15.9 Å². The van der Waals surface area contributed by atoms with Gasteiger partial charge in [-0.1, -0.05) is 18.2 Å². The Hall–Kier alpha value is -2.78. The maximum Gasteiger partial charge on any atom is 0.282 e. The van der Waals surface area contributed by atoms with Crippen LogP contribution < -0.4 is 10.0 Å². The van der Waals surface area contributed by atoms with Crippen molar-refractivity contribution >= 4 is 27.3 Å². The SMILES string of the molecule is CNS(=O)(=O)c1cc(NC(=O)c2ccccc2[N+](=O)[O-])ccc1C. The molecule has 8 nitrogen and oxygen atoms in total. The van der Waals surface area contributed by atoms with E-state index in [4.69, 9.17) is 0 Å². The Kier molecular flexibility index (Phi) is 4.96. The van der Waals surface area contributed by atoms with Crippen LogP contribution >= 0.6 is 0 Å². The summed E-state index contributed by atoms with van der Waals surface area (Å²) in [6, 6.07) is 9.88. The minimum atomic E-state index is -3.68. The molecule has 0 heterocycles. The van der Waals surface area contributed by atoms with Crippen LogP contribution in [0.4, 0.5) is 11.4 Å². The summed E-state index contributed by atoms with van der Waals surface area (Å²) < 4.78 is 26.1. The molecule has 1 amide bonds. The molecule has 2 rings (SSSR count). The molecule has 2 aromatic rings. The Morgan fingerprint density at radius 3 is 2.46 bits per heavy atom. The largest absolute Gasteiger partial charge is 0.322 e. The number of aryl methyl sites for hydroxylation is 1. The number of hydrogen-bond acceptors (Lipinski definition) is 5. The van der Waals surface area contributed by atoms with E-state index in [-0.39, 0.29) is 21.8 Å². The number of sulfonamides is 1. The highest BCUT2D eigenvalue weighted by Crippen LogP contribution is 2.22. The number of carbonyl (C=O) groups is 1. The molecular formula is C15H15N3O5S. The Bertz CT molecular complexity index is 909. The number of rotatable bonds is 5. The van der Waals surface area contributed by atoms with Crippen LogP contribution in [0.5, 0.6) is 0 Å². The Morgan fingerprint density at radius 2 is 1.83 bits per heavy atom. The quantitative estimate of drug-likeness (QED) is 0.633. The standard InChI is InChI=1S/C15H15N3O5S/c1-10-7-8-11(9-14(10)24(22,23)16-2)17-15(19)12-5-3-4-6-13(12)18(20)21/h3-9,16H,1-2H3,(H,17,19). The first-order chi connectivity index (χ1) is 11.3. The van der Waals surface area contributed by atoms with E-state index in [9.17, 15) is 23.3 Å². The first-order valence-corrected chi connectivity index (χ1v) is 8.33. The van der Waals surface area contributed by atoms with E-state index in [0.717, 1.165) is 0 Å². The highest BCUT2D eigenvalue weighted by Gasteiger charge is 2.20. The fourth-order valence-corrected chi connectivity index (χ4v) is 3.09. The number of benzene rings is 2. The highest BCUT2D eigenvalue weighted by atomic mass is 32.2. The summed E-state index contributed by atoms with van der Waals surface area (Å²) in [6.45, 7) is 1.62. The molecule has 0 aliphatic heterocycles. The van der Waals surface area contributed by atoms with Crippen LogP contribution in [0.25, 0.3) is 0 Å². The molecule has 0 bridgehead atoms. The van der Waals surface area contributed by atoms with Crippen molar-refractivity contribution in [2.24, 2.45) is 0 Å². The Morgan fingerprint density at radius 1 is 1.17 bits per heavy atom. The lowest BCUT2D eigenvalue weighted by molar-refractivity contribution is -0.385. The van der Waals surface area contributed by atoms with Crippen LogP contribution in [0.3, 0.4) is 0 Å². The van der Waals surface area contributed by atoms with Gasteiger partial charge in [-0.05, 0) is 37.7 Å². The van der Waals surface area contributed by atoms with Crippen molar-refractivity contribution in [2.75, 3.05) is 12.4 Å². The van der Waals surface area contributed by atoms with Crippen molar-refractivity contribution in [1.29, 1.82) is 0 Å². The summed E-state index contributed by atoms with van der Waals surface area (Å²) in [5.74, 6) is -0.695. The van der Waals surface area contributed by atoms with Crippen LogP contribution in [-0.4, -0.2) is 26.3 Å². The number of anilines is 1. The van der Waals surface area contributed by atoms with Crippen LogP contribution in [0.2, 0.25) is 0 Å². The minimum Gasteiger partial charge on any atom is -0.322 e. The lowest BCUT2D eigenvalue weighted by atomic mass is 10.1. The van der Waals surface area contributed by atoms with Crippen LogP contribution in [0, 0.1) is 17.0 Å². The van der Waals surface area contributed by atoms with Gasteiger partial charge in [-0.2, -0.15) is 0 Å². The average molecular weight is 349 g/mol. The van der Waals surface area contributed by atoms with E-state index in [1.165, 1.54) is 43.4 Å². The van der Waals surface area contributed by atoms with Gasteiger partial charge in [0, 0.05) is 11.8 Å². The van der Waals surface area contributed by atoms with Crippen LogP contribution in [0.15, 0.2) is 47.4 Å². The van der Waals surface area contributed by atoms with E-state index in [2.05, 4.69) is 10.0 Å². The third-order valence-electron chi connectivity index (χ3n) is 3.35. The van der Waals surface area contributed by atoms with Gasteiger partial charge in [-0.25, -0.2) is 13.1 Å². The van der Waals surface area contributed by atoms with Gasteiger partial charge in [0.2, 0.25) is 10.0 Å². The molecule has 0 aromatic heterocycles. The molecular weight excluding hydrogens is 334 g/mol. The van der Waals surface area contributed by atoms with E-state index in [1.54, 1.807) is 13.0 Å². The maximum absolute atomic E-state index is 12.3. The Balaban J connectivity index is 2.38. The first-order valence-electron chi connectivity index (χ1n) is 6.85. The van der Waals surface area contributed by atoms with Crippen molar-refractivity contribution in [3.8, 4) is 0 Å². The normalized spacial score (nSPS) is 11.1. The molecule has 0 unspecified atom stereocenters. The van der Waals surface area contributed by atoms with Crippen molar-refractivity contribution < 1.29 is 18.1 Å². The lowest BCUT2D eigenvalue weighted by Crippen LogP contribution is -2.20. The minimum absolute atomic E-state index is 0.0189. The average Bonchev–Trinajstić information content (AvgIpc) is 2.56. The lowest BCUT2D eigenvalue weighted by Gasteiger charge is -2.10. The molecule has 9 heteroatoms. The fraction of sp³-hybridized carbons (Fsp3) is 0.133. The van der Waals surface area contributed by atoms with Crippen molar-refractivity contribution in [3.63, 3.8) is 0 Å². The molecule has 2 N–H and O–H groups in total. The summed E-state index contributed by atoms with van der Waals surface area (Å²) in [6.07, 6.45) is 0. The molecule has 24 heavy (non-hydrogen) atoms. The summed E-state index contributed by atoms with van der Waals surface area (Å²) in [7, 11) is -2.40. The summed E-state index contributed by atoms with van der Waals surface area (Å²) in [5.41, 5.74) is 0.289. The second-order valence-electron chi connectivity index (χ2n) is 4.92. The number of hydrogen-bond donors (Lipinski definition) is 2. The van der Waals surface area contributed by atoms with Gasteiger partial charge in [0.05, 0.1) is 9.82 Å². The molecule has 0 fully saturated rings. The third-order valence-corrected chi connectivity index (χ3v) is 4.91. The third kappa shape index (κ3) is 3.58. The van der Waals surface area contributed by atoms with Crippen molar-refractivity contribution in [1.82, 2.24) is 4.72 Å². The van der Waals surface area contributed by atoms with E-state index in [0.29, 0.717) is 5.56 Å². The molecule has 2 aromatic carbocycles. The predicted molar refractivity (Wildman–Crippen MR) is 88.5 cm³/mol.